The summed E-state index contributed by atoms with van der Waals surface area (Å²) < 4.78 is 0. The van der Waals surface area contributed by atoms with Gasteiger partial charge in [-0.2, -0.15) is 0 Å². The van der Waals surface area contributed by atoms with Crippen molar-refractivity contribution in [2.75, 3.05) is 0 Å². The second kappa shape index (κ2) is 3.42. The van der Waals surface area contributed by atoms with Gasteiger partial charge in [0.2, 0.25) is 0 Å². The number of hydrogen-bond donors (Lipinski definition) is 0. The molecule has 0 radical (unpaired) electrons. The number of carbonyl (C=O) groups is 1. The summed E-state index contributed by atoms with van der Waals surface area (Å²) in [6.45, 7) is 0. The Morgan fingerprint density at radius 1 is 1.25 bits per heavy atom. The van der Waals surface area contributed by atoms with Crippen LogP contribution < -0.4 is 0 Å². The fraction of sp³-hybridized carbons (Fsp3) is 0.727. The Morgan fingerprint density at radius 2 is 2.00 bits per heavy atom. The van der Waals surface area contributed by atoms with Gasteiger partial charge in [0.1, 0.15) is 0 Å². The number of Topliss-reactive ketones (excluding diaryl/α,β-unsaturated/α-hetero) is 1. The van der Waals surface area contributed by atoms with E-state index in [0.717, 1.165) is 31.3 Å². The van der Waals surface area contributed by atoms with E-state index in [-0.39, 0.29) is 0 Å². The molecule has 0 aromatic heterocycles. The van der Waals surface area contributed by atoms with Crippen molar-refractivity contribution in [3.05, 3.63) is 11.6 Å². The molecule has 1 nitrogen and oxygen atoms in total. The predicted molar refractivity (Wildman–Crippen MR) is 48.9 cm³/mol. The van der Waals surface area contributed by atoms with E-state index in [0.29, 0.717) is 11.7 Å². The van der Waals surface area contributed by atoms with Crippen LogP contribution in [0.15, 0.2) is 11.6 Å². The van der Waals surface area contributed by atoms with Crippen LogP contribution in [0.4, 0.5) is 0 Å². The SMILES string of the molecule is O=C(C1=CCCC1)C1CCCC1. The molecule has 0 aromatic rings. The minimum absolute atomic E-state index is 0.398. The molecule has 1 saturated carbocycles. The van der Waals surface area contributed by atoms with Crippen molar-refractivity contribution in [3.8, 4) is 0 Å². The highest BCUT2D eigenvalue weighted by Gasteiger charge is 2.25. The van der Waals surface area contributed by atoms with E-state index in [2.05, 4.69) is 6.08 Å². The van der Waals surface area contributed by atoms with Crippen LogP contribution in [0.3, 0.4) is 0 Å². The largest absolute Gasteiger partial charge is 0.294 e. The Bertz CT molecular complexity index is 209. The van der Waals surface area contributed by atoms with Gasteiger partial charge >= 0.3 is 0 Å². The molecular formula is C11H16O. The Morgan fingerprint density at radius 3 is 2.58 bits per heavy atom. The number of allylic oxidation sites excluding steroid dienone is 2. The first-order chi connectivity index (χ1) is 5.88. The molecule has 0 amide bonds. The van der Waals surface area contributed by atoms with E-state index < -0.39 is 0 Å². The molecule has 0 N–H and O–H groups in total. The molecule has 2 aliphatic carbocycles. The molecular weight excluding hydrogens is 148 g/mol. The lowest BCUT2D eigenvalue weighted by molar-refractivity contribution is -0.119. The summed E-state index contributed by atoms with van der Waals surface area (Å²) in [6.07, 6.45) is 10.4. The Hall–Kier alpha value is -0.590. The van der Waals surface area contributed by atoms with Gasteiger partial charge in [0.05, 0.1) is 0 Å². The first-order valence-corrected chi connectivity index (χ1v) is 5.11. The third-order valence-electron chi connectivity index (χ3n) is 3.08. The minimum atomic E-state index is 0.398. The second-order valence-corrected chi connectivity index (χ2v) is 3.97. The lowest BCUT2D eigenvalue weighted by atomic mass is 9.96. The molecule has 2 rings (SSSR count). The van der Waals surface area contributed by atoms with Crippen LogP contribution in [0, 0.1) is 5.92 Å². The summed E-state index contributed by atoms with van der Waals surface area (Å²) in [4.78, 5) is 11.8. The van der Waals surface area contributed by atoms with Crippen molar-refractivity contribution in [2.45, 2.75) is 44.9 Å². The summed E-state index contributed by atoms with van der Waals surface area (Å²) in [5, 5.41) is 0. The molecule has 0 spiro atoms. The van der Waals surface area contributed by atoms with Crippen LogP contribution in [-0.2, 0) is 4.79 Å². The van der Waals surface area contributed by atoms with Gasteiger partial charge in [-0.15, -0.1) is 0 Å². The lowest BCUT2D eigenvalue weighted by Crippen LogP contribution is -2.12. The third-order valence-corrected chi connectivity index (χ3v) is 3.08. The predicted octanol–water partition coefficient (Wildman–Crippen LogP) is 2.86. The quantitative estimate of drug-likeness (QED) is 0.613. The van der Waals surface area contributed by atoms with Crippen LogP contribution in [-0.4, -0.2) is 5.78 Å². The van der Waals surface area contributed by atoms with Crippen LogP contribution in [0.1, 0.15) is 44.9 Å². The molecule has 0 unspecified atom stereocenters. The minimum Gasteiger partial charge on any atom is -0.294 e. The average Bonchev–Trinajstić information content (AvgIpc) is 2.77. The molecule has 12 heavy (non-hydrogen) atoms. The van der Waals surface area contributed by atoms with Gasteiger partial charge in [0, 0.05) is 5.92 Å². The maximum Gasteiger partial charge on any atom is 0.161 e. The highest BCUT2D eigenvalue weighted by Crippen LogP contribution is 2.30. The van der Waals surface area contributed by atoms with E-state index in [1.165, 1.54) is 19.3 Å². The van der Waals surface area contributed by atoms with Crippen molar-refractivity contribution in [2.24, 2.45) is 5.92 Å². The summed E-state index contributed by atoms with van der Waals surface area (Å²) in [5.74, 6) is 0.874. The topological polar surface area (TPSA) is 17.1 Å². The van der Waals surface area contributed by atoms with Crippen molar-refractivity contribution in [1.29, 1.82) is 0 Å². The van der Waals surface area contributed by atoms with Crippen molar-refractivity contribution < 1.29 is 4.79 Å². The molecule has 0 atom stereocenters. The molecule has 1 fully saturated rings. The zero-order valence-corrected chi connectivity index (χ0v) is 7.51. The molecule has 1 heteroatoms. The van der Waals surface area contributed by atoms with Crippen LogP contribution in [0.25, 0.3) is 0 Å². The molecule has 0 aliphatic heterocycles. The van der Waals surface area contributed by atoms with Gasteiger partial charge in [0.15, 0.2) is 5.78 Å². The van der Waals surface area contributed by atoms with Gasteiger partial charge < -0.3 is 0 Å². The van der Waals surface area contributed by atoms with Gasteiger partial charge in [-0.1, -0.05) is 18.9 Å². The fourth-order valence-electron chi connectivity index (χ4n) is 2.34. The van der Waals surface area contributed by atoms with Crippen LogP contribution >= 0.6 is 0 Å². The van der Waals surface area contributed by atoms with Crippen molar-refractivity contribution in [3.63, 3.8) is 0 Å². The second-order valence-electron chi connectivity index (χ2n) is 3.97. The lowest BCUT2D eigenvalue weighted by Gasteiger charge is -2.07. The zero-order valence-electron chi connectivity index (χ0n) is 7.51. The Balaban J connectivity index is 1.98. The summed E-state index contributed by atoms with van der Waals surface area (Å²) in [6, 6.07) is 0. The fourth-order valence-corrected chi connectivity index (χ4v) is 2.34. The van der Waals surface area contributed by atoms with E-state index in [9.17, 15) is 4.79 Å². The van der Waals surface area contributed by atoms with E-state index in [4.69, 9.17) is 0 Å². The van der Waals surface area contributed by atoms with Gasteiger partial charge in [0.25, 0.3) is 0 Å². The molecule has 2 aliphatic rings. The number of hydrogen-bond acceptors (Lipinski definition) is 1. The van der Waals surface area contributed by atoms with E-state index in [1.54, 1.807) is 0 Å². The van der Waals surface area contributed by atoms with Crippen LogP contribution in [0.2, 0.25) is 0 Å². The van der Waals surface area contributed by atoms with Crippen LogP contribution in [0.5, 0.6) is 0 Å². The standard InChI is InChI=1S/C11H16O/c12-11(9-5-1-2-6-9)10-7-3-4-8-10/h5,10H,1-4,6-8H2. The number of carbonyl (C=O) groups excluding carboxylic acids is 1. The van der Waals surface area contributed by atoms with Gasteiger partial charge in [-0.25, -0.2) is 0 Å². The highest BCUT2D eigenvalue weighted by molar-refractivity contribution is 5.97. The molecule has 0 saturated heterocycles. The third kappa shape index (κ3) is 1.45. The monoisotopic (exact) mass is 164 g/mol. The average molecular weight is 164 g/mol. The highest BCUT2D eigenvalue weighted by atomic mass is 16.1. The van der Waals surface area contributed by atoms with E-state index >= 15 is 0 Å². The Kier molecular flexibility index (Phi) is 2.29. The number of rotatable bonds is 2. The maximum atomic E-state index is 11.8. The number of ketones is 1. The molecule has 0 aromatic carbocycles. The summed E-state index contributed by atoms with van der Waals surface area (Å²) in [5.41, 5.74) is 1.14. The van der Waals surface area contributed by atoms with Gasteiger partial charge in [-0.05, 0) is 37.7 Å². The first-order valence-electron chi connectivity index (χ1n) is 5.11. The summed E-state index contributed by atoms with van der Waals surface area (Å²) >= 11 is 0. The van der Waals surface area contributed by atoms with E-state index in [1.807, 2.05) is 0 Å². The summed E-state index contributed by atoms with van der Waals surface area (Å²) in [7, 11) is 0. The normalized spacial score (nSPS) is 24.5. The maximum absolute atomic E-state index is 11.8. The first kappa shape index (κ1) is 8.03. The molecule has 0 bridgehead atoms. The Labute approximate surface area is 73.8 Å². The molecule has 66 valence electrons. The van der Waals surface area contributed by atoms with Crippen molar-refractivity contribution >= 4 is 5.78 Å². The van der Waals surface area contributed by atoms with Gasteiger partial charge in [-0.3, -0.25) is 4.79 Å². The zero-order chi connectivity index (χ0) is 8.39. The van der Waals surface area contributed by atoms with Crippen molar-refractivity contribution in [1.82, 2.24) is 0 Å². The smallest absolute Gasteiger partial charge is 0.161 e. The molecule has 0 heterocycles.